The number of nitrogens with zero attached hydrogens (tertiary/aromatic N) is 2. The summed E-state index contributed by atoms with van der Waals surface area (Å²) in [6, 6.07) is 5.09. The van der Waals surface area contributed by atoms with E-state index in [0.717, 1.165) is 23.7 Å². The third-order valence-corrected chi connectivity index (χ3v) is 4.02. The Balaban J connectivity index is 2.13. The molecule has 1 fully saturated rings. The van der Waals surface area contributed by atoms with Gasteiger partial charge in [0.05, 0.1) is 12.0 Å². The first-order valence-electron chi connectivity index (χ1n) is 7.07. The van der Waals surface area contributed by atoms with E-state index < -0.39 is 10.9 Å². The quantitative estimate of drug-likeness (QED) is 0.494. The van der Waals surface area contributed by atoms with Crippen LogP contribution in [-0.4, -0.2) is 35.8 Å². The molecule has 0 unspecified atom stereocenters. The van der Waals surface area contributed by atoms with Crippen LogP contribution in [-0.2, 0) is 9.47 Å². The van der Waals surface area contributed by atoms with Crippen LogP contribution < -0.4 is 0 Å². The lowest BCUT2D eigenvalue weighted by atomic mass is 10.1. The van der Waals surface area contributed by atoms with Crippen molar-refractivity contribution < 1.29 is 19.2 Å². The highest BCUT2D eigenvalue weighted by Gasteiger charge is 2.24. The lowest BCUT2D eigenvalue weighted by Gasteiger charge is -2.24. The highest BCUT2D eigenvalue weighted by molar-refractivity contribution is 5.99. The predicted octanol–water partition coefficient (Wildman–Crippen LogP) is 2.69. The van der Waals surface area contributed by atoms with E-state index in [1.165, 1.54) is 13.2 Å². The molecule has 22 heavy (non-hydrogen) atoms. The average molecular weight is 304 g/mol. The molecule has 7 heteroatoms. The molecule has 0 radical (unpaired) electrons. The van der Waals surface area contributed by atoms with Crippen LogP contribution in [0.5, 0.6) is 0 Å². The Hall–Kier alpha value is -2.41. The van der Waals surface area contributed by atoms with E-state index in [2.05, 4.69) is 9.30 Å². The fourth-order valence-corrected chi connectivity index (χ4v) is 2.90. The van der Waals surface area contributed by atoms with Gasteiger partial charge in [-0.3, -0.25) is 10.1 Å². The fraction of sp³-hybridized carbons (Fsp3) is 0.400. The van der Waals surface area contributed by atoms with Crippen LogP contribution in [0.25, 0.3) is 10.9 Å². The second-order valence-electron chi connectivity index (χ2n) is 5.24. The Morgan fingerprint density at radius 1 is 1.41 bits per heavy atom. The minimum atomic E-state index is -0.701. The smallest absolute Gasteiger partial charge is 0.344 e. The van der Waals surface area contributed by atoms with Gasteiger partial charge >= 0.3 is 5.97 Å². The molecule has 1 aliphatic heterocycles. The molecule has 0 amide bonds. The van der Waals surface area contributed by atoms with E-state index in [1.54, 1.807) is 6.07 Å². The number of ether oxygens (including phenoxy) is 2. The van der Waals surface area contributed by atoms with Crippen molar-refractivity contribution in [3.05, 3.63) is 40.1 Å². The van der Waals surface area contributed by atoms with Crippen LogP contribution in [0.15, 0.2) is 24.4 Å². The first kappa shape index (κ1) is 14.5. The van der Waals surface area contributed by atoms with Gasteiger partial charge in [-0.25, -0.2) is 4.79 Å². The summed E-state index contributed by atoms with van der Waals surface area (Å²) < 4.78 is 12.1. The average Bonchev–Trinajstić information content (AvgIpc) is 2.96. The Morgan fingerprint density at radius 2 is 2.14 bits per heavy atom. The van der Waals surface area contributed by atoms with E-state index in [9.17, 15) is 14.9 Å². The Morgan fingerprint density at radius 3 is 2.77 bits per heavy atom. The molecule has 0 N–H and O–H groups in total. The van der Waals surface area contributed by atoms with Crippen LogP contribution in [0.1, 0.15) is 29.2 Å². The van der Waals surface area contributed by atoms with Crippen LogP contribution in [0, 0.1) is 10.1 Å². The normalized spacial score (nSPS) is 15.9. The number of fused-ring (bicyclic) bond motifs is 1. The summed E-state index contributed by atoms with van der Waals surface area (Å²) in [6.45, 7) is 1.39. The maximum atomic E-state index is 11.8. The minimum absolute atomic E-state index is 0.0213. The monoisotopic (exact) mass is 304 g/mol. The fourth-order valence-electron chi connectivity index (χ4n) is 2.90. The molecule has 0 bridgehead atoms. The van der Waals surface area contributed by atoms with Crippen LogP contribution in [0.2, 0.25) is 0 Å². The molecule has 116 valence electrons. The van der Waals surface area contributed by atoms with Crippen molar-refractivity contribution in [1.82, 2.24) is 4.57 Å². The molecule has 2 aromatic rings. The van der Waals surface area contributed by atoms with Crippen molar-refractivity contribution in [1.29, 1.82) is 0 Å². The van der Waals surface area contributed by atoms with Crippen LogP contribution >= 0.6 is 0 Å². The van der Waals surface area contributed by atoms with Crippen molar-refractivity contribution in [2.45, 2.75) is 18.9 Å². The van der Waals surface area contributed by atoms with E-state index in [-0.39, 0.29) is 17.3 Å². The van der Waals surface area contributed by atoms with Crippen molar-refractivity contribution in [3.8, 4) is 0 Å². The molecule has 1 aromatic heterocycles. The van der Waals surface area contributed by atoms with Gasteiger partial charge in [0.2, 0.25) is 0 Å². The van der Waals surface area contributed by atoms with Gasteiger partial charge in [0.1, 0.15) is 5.56 Å². The zero-order valence-corrected chi connectivity index (χ0v) is 12.2. The second-order valence-corrected chi connectivity index (χ2v) is 5.24. The van der Waals surface area contributed by atoms with Gasteiger partial charge in [-0.1, -0.05) is 0 Å². The van der Waals surface area contributed by atoms with Crippen molar-refractivity contribution in [2.24, 2.45) is 0 Å². The van der Waals surface area contributed by atoms with Gasteiger partial charge < -0.3 is 14.0 Å². The molecule has 1 saturated heterocycles. The van der Waals surface area contributed by atoms with E-state index in [4.69, 9.17) is 4.74 Å². The van der Waals surface area contributed by atoms with E-state index >= 15 is 0 Å². The Bertz CT molecular complexity index is 731. The molecule has 7 nitrogen and oxygen atoms in total. The molecule has 0 aliphatic carbocycles. The lowest BCUT2D eigenvalue weighted by Crippen LogP contribution is -2.19. The molecule has 0 atom stereocenters. The Kier molecular flexibility index (Phi) is 3.81. The molecular weight excluding hydrogens is 288 g/mol. The Labute approximate surface area is 126 Å². The third kappa shape index (κ3) is 2.43. The summed E-state index contributed by atoms with van der Waals surface area (Å²) in [5.74, 6) is -0.701. The van der Waals surface area contributed by atoms with Gasteiger partial charge in [0.15, 0.2) is 0 Å². The first-order valence-corrected chi connectivity index (χ1v) is 7.07. The van der Waals surface area contributed by atoms with Crippen LogP contribution in [0.3, 0.4) is 0 Å². The largest absolute Gasteiger partial charge is 0.465 e. The van der Waals surface area contributed by atoms with Crippen molar-refractivity contribution >= 4 is 22.6 Å². The van der Waals surface area contributed by atoms with E-state index in [0.29, 0.717) is 13.2 Å². The summed E-state index contributed by atoms with van der Waals surface area (Å²) in [4.78, 5) is 22.4. The van der Waals surface area contributed by atoms with Gasteiger partial charge in [-0.05, 0) is 25.0 Å². The number of nitro benzene ring substituents is 1. The topological polar surface area (TPSA) is 83.6 Å². The number of hydrogen-bond acceptors (Lipinski definition) is 5. The molecule has 1 aromatic carbocycles. The minimum Gasteiger partial charge on any atom is -0.465 e. The van der Waals surface area contributed by atoms with E-state index in [1.807, 2.05) is 12.3 Å². The summed E-state index contributed by atoms with van der Waals surface area (Å²) in [5.41, 5.74) is 0.550. The highest BCUT2D eigenvalue weighted by Crippen LogP contribution is 2.31. The molecule has 1 aliphatic rings. The maximum Gasteiger partial charge on any atom is 0.344 e. The maximum absolute atomic E-state index is 11.8. The molecule has 0 spiro atoms. The second kappa shape index (κ2) is 5.76. The van der Waals surface area contributed by atoms with Crippen LogP contribution in [0.4, 0.5) is 5.69 Å². The van der Waals surface area contributed by atoms with Crippen molar-refractivity contribution in [3.63, 3.8) is 0 Å². The number of carbonyl (C=O) groups is 1. The molecule has 3 rings (SSSR count). The summed E-state index contributed by atoms with van der Waals surface area (Å²) >= 11 is 0. The molecule has 0 saturated carbocycles. The number of nitro groups is 1. The molecule has 2 heterocycles. The van der Waals surface area contributed by atoms with Gasteiger partial charge in [0, 0.05) is 42.4 Å². The molecular formula is C15H16N2O5. The number of esters is 1. The van der Waals surface area contributed by atoms with Gasteiger partial charge in [0.25, 0.3) is 5.69 Å². The zero-order valence-electron chi connectivity index (χ0n) is 12.2. The summed E-state index contributed by atoms with van der Waals surface area (Å²) in [7, 11) is 1.22. The third-order valence-electron chi connectivity index (χ3n) is 4.02. The standard InChI is InChI=1S/C15H16N2O5/c1-21-15(18)12-9-13-10(8-14(12)17(19)20)2-5-16(13)11-3-6-22-7-4-11/h2,5,8-9,11H,3-4,6-7H2,1H3. The summed E-state index contributed by atoms with van der Waals surface area (Å²) in [5, 5.41) is 11.9. The summed E-state index contributed by atoms with van der Waals surface area (Å²) in [6.07, 6.45) is 3.67. The predicted molar refractivity (Wildman–Crippen MR) is 79.0 cm³/mol. The van der Waals surface area contributed by atoms with Gasteiger partial charge in [-0.2, -0.15) is 0 Å². The lowest BCUT2D eigenvalue weighted by molar-refractivity contribution is -0.385. The first-order chi connectivity index (χ1) is 10.6. The SMILES string of the molecule is COC(=O)c1cc2c(ccn2C2CCOCC2)cc1[N+](=O)[O-]. The zero-order chi connectivity index (χ0) is 15.7. The number of methoxy groups -OCH3 is 1. The number of rotatable bonds is 3. The van der Waals surface area contributed by atoms with Crippen molar-refractivity contribution in [2.75, 3.05) is 20.3 Å². The highest BCUT2D eigenvalue weighted by atomic mass is 16.6. The number of benzene rings is 1. The van der Waals surface area contributed by atoms with Gasteiger partial charge in [-0.15, -0.1) is 0 Å². The number of aromatic nitrogens is 1. The number of hydrogen-bond donors (Lipinski definition) is 0. The number of carbonyl (C=O) groups excluding carboxylic acids is 1.